The summed E-state index contributed by atoms with van der Waals surface area (Å²) < 4.78 is 2.29. The van der Waals surface area contributed by atoms with Gasteiger partial charge in [0.05, 0.1) is 6.54 Å². The quantitative estimate of drug-likeness (QED) is 0.686. The molecule has 3 aromatic rings. The molecule has 1 saturated heterocycles. The summed E-state index contributed by atoms with van der Waals surface area (Å²) in [6.45, 7) is 5.38. The van der Waals surface area contributed by atoms with E-state index in [0.717, 1.165) is 12.1 Å². The maximum atomic E-state index is 11.8. The Labute approximate surface area is 139 Å². The lowest BCUT2D eigenvalue weighted by atomic mass is 10.1. The van der Waals surface area contributed by atoms with E-state index in [9.17, 15) is 4.79 Å². The van der Waals surface area contributed by atoms with Crippen molar-refractivity contribution in [3.8, 4) is 0 Å². The summed E-state index contributed by atoms with van der Waals surface area (Å²) in [5.41, 5.74) is 3.31. The minimum absolute atomic E-state index is 0.204. The summed E-state index contributed by atoms with van der Waals surface area (Å²) in [6.07, 6.45) is 1.72. The lowest BCUT2D eigenvalue weighted by Gasteiger charge is -2.05. The van der Waals surface area contributed by atoms with Crippen LogP contribution in [0.1, 0.15) is 19.4 Å². The van der Waals surface area contributed by atoms with Crippen molar-refractivity contribution in [2.45, 2.75) is 20.4 Å². The van der Waals surface area contributed by atoms with Crippen LogP contribution in [-0.4, -0.2) is 22.3 Å². The van der Waals surface area contributed by atoms with Gasteiger partial charge in [-0.15, -0.1) is 0 Å². The smallest absolute Gasteiger partial charge is 0.363 e. The van der Waals surface area contributed by atoms with Crippen LogP contribution < -0.4 is 0 Å². The summed E-state index contributed by atoms with van der Waals surface area (Å²) in [6, 6.07) is 14.5. The van der Waals surface area contributed by atoms with Gasteiger partial charge in [0.15, 0.2) is 0 Å². The number of benzene rings is 2. The van der Waals surface area contributed by atoms with Gasteiger partial charge >= 0.3 is 5.97 Å². The zero-order valence-electron chi connectivity index (χ0n) is 13.7. The standard InChI is InChI=1S/C19H18N2O3/c1-3-20-16-8-6-5-7-14(16)15-11-13(9-10-17(15)20)12-18-19(22)24-21(4-2)23-18/h5-12H,3-4H2,1-2H3/b18-12-. The summed E-state index contributed by atoms with van der Waals surface area (Å²) in [4.78, 5) is 22.2. The molecule has 0 atom stereocenters. The number of fused-ring (bicyclic) bond motifs is 3. The second kappa shape index (κ2) is 5.69. The van der Waals surface area contributed by atoms with Gasteiger partial charge in [-0.25, -0.2) is 4.79 Å². The maximum Gasteiger partial charge on any atom is 0.397 e. The Kier molecular flexibility index (Phi) is 3.50. The Hall–Kier alpha value is -2.79. The molecule has 24 heavy (non-hydrogen) atoms. The molecule has 4 rings (SSSR count). The fourth-order valence-electron chi connectivity index (χ4n) is 3.17. The van der Waals surface area contributed by atoms with Crippen LogP contribution in [0.3, 0.4) is 0 Å². The van der Waals surface area contributed by atoms with Crippen molar-refractivity contribution in [1.29, 1.82) is 0 Å². The number of hydroxylamine groups is 2. The van der Waals surface area contributed by atoms with Gasteiger partial charge in [-0.2, -0.15) is 0 Å². The molecule has 1 fully saturated rings. The third-order valence-corrected chi connectivity index (χ3v) is 4.25. The Morgan fingerprint density at radius 1 is 0.958 bits per heavy atom. The number of para-hydroxylation sites is 1. The molecule has 0 unspecified atom stereocenters. The van der Waals surface area contributed by atoms with Crippen LogP contribution in [0.15, 0.2) is 48.2 Å². The first-order valence-electron chi connectivity index (χ1n) is 8.11. The van der Waals surface area contributed by atoms with E-state index >= 15 is 0 Å². The van der Waals surface area contributed by atoms with Crippen LogP contribution in [0, 0.1) is 0 Å². The second-order valence-corrected chi connectivity index (χ2v) is 5.67. The highest BCUT2D eigenvalue weighted by Gasteiger charge is 2.28. The van der Waals surface area contributed by atoms with Gasteiger partial charge in [0.1, 0.15) is 0 Å². The van der Waals surface area contributed by atoms with Crippen molar-refractivity contribution in [2.75, 3.05) is 6.54 Å². The van der Waals surface area contributed by atoms with E-state index in [4.69, 9.17) is 9.68 Å². The van der Waals surface area contributed by atoms with Crippen LogP contribution in [-0.2, 0) is 21.0 Å². The molecule has 0 radical (unpaired) electrons. The Bertz CT molecular complexity index is 971. The lowest BCUT2D eigenvalue weighted by molar-refractivity contribution is -0.278. The van der Waals surface area contributed by atoms with E-state index in [0.29, 0.717) is 6.54 Å². The van der Waals surface area contributed by atoms with Crippen LogP contribution in [0.2, 0.25) is 0 Å². The number of rotatable bonds is 3. The van der Waals surface area contributed by atoms with Gasteiger partial charge in [-0.1, -0.05) is 24.3 Å². The number of nitrogens with zero attached hydrogens (tertiary/aromatic N) is 2. The van der Waals surface area contributed by atoms with Gasteiger partial charge in [0.25, 0.3) is 0 Å². The first-order chi connectivity index (χ1) is 11.7. The molecule has 1 aliphatic heterocycles. The molecule has 0 saturated carbocycles. The monoisotopic (exact) mass is 322 g/mol. The largest absolute Gasteiger partial charge is 0.397 e. The number of aromatic nitrogens is 1. The molecule has 2 heterocycles. The van der Waals surface area contributed by atoms with Crippen molar-refractivity contribution in [3.05, 3.63) is 53.8 Å². The van der Waals surface area contributed by atoms with Crippen molar-refractivity contribution < 1.29 is 14.5 Å². The molecule has 1 aliphatic rings. The minimum atomic E-state index is -0.465. The van der Waals surface area contributed by atoms with E-state index < -0.39 is 5.97 Å². The van der Waals surface area contributed by atoms with E-state index in [-0.39, 0.29) is 5.76 Å². The zero-order chi connectivity index (χ0) is 16.7. The normalized spacial score (nSPS) is 16.9. The van der Waals surface area contributed by atoms with Crippen LogP contribution in [0.25, 0.3) is 27.9 Å². The van der Waals surface area contributed by atoms with Crippen molar-refractivity contribution >= 4 is 33.9 Å². The molecule has 0 bridgehead atoms. The van der Waals surface area contributed by atoms with Gasteiger partial charge < -0.3 is 14.2 Å². The van der Waals surface area contributed by atoms with E-state index in [1.165, 1.54) is 27.0 Å². The number of aryl methyl sites for hydroxylation is 1. The first kappa shape index (κ1) is 14.8. The SMILES string of the molecule is CCN1OC(=O)/C(=C/c2ccc3c(c2)c2ccccc2n3CC)O1. The number of hydrogen-bond acceptors (Lipinski definition) is 4. The molecule has 0 amide bonds. The third-order valence-electron chi connectivity index (χ3n) is 4.25. The Balaban J connectivity index is 1.84. The molecule has 5 nitrogen and oxygen atoms in total. The van der Waals surface area contributed by atoms with E-state index in [1.54, 1.807) is 6.08 Å². The topological polar surface area (TPSA) is 43.7 Å². The highest BCUT2D eigenvalue weighted by atomic mass is 17.0. The number of hydrogen-bond donors (Lipinski definition) is 0. The maximum absolute atomic E-state index is 11.8. The summed E-state index contributed by atoms with van der Waals surface area (Å²) in [5.74, 6) is -0.261. The van der Waals surface area contributed by atoms with E-state index in [2.05, 4.69) is 41.8 Å². The number of carbonyl (C=O) groups excluding carboxylic acids is 1. The predicted octanol–water partition coefficient (Wildman–Crippen LogP) is 3.88. The highest BCUT2D eigenvalue weighted by Crippen LogP contribution is 2.30. The highest BCUT2D eigenvalue weighted by molar-refractivity contribution is 6.08. The molecule has 2 aromatic carbocycles. The first-order valence-corrected chi connectivity index (χ1v) is 8.11. The van der Waals surface area contributed by atoms with Crippen molar-refractivity contribution in [2.24, 2.45) is 0 Å². The predicted molar refractivity (Wildman–Crippen MR) is 92.7 cm³/mol. The molecule has 1 aromatic heterocycles. The minimum Gasteiger partial charge on any atom is -0.363 e. The average molecular weight is 322 g/mol. The molecule has 0 aliphatic carbocycles. The zero-order valence-corrected chi connectivity index (χ0v) is 13.7. The summed E-state index contributed by atoms with van der Waals surface area (Å²) in [7, 11) is 0. The third kappa shape index (κ3) is 2.25. The average Bonchev–Trinajstić information content (AvgIpc) is 3.12. The second-order valence-electron chi connectivity index (χ2n) is 5.67. The van der Waals surface area contributed by atoms with Crippen LogP contribution >= 0.6 is 0 Å². The molecule has 5 heteroatoms. The summed E-state index contributed by atoms with van der Waals surface area (Å²) in [5, 5.41) is 3.55. The van der Waals surface area contributed by atoms with Crippen LogP contribution in [0.5, 0.6) is 0 Å². The Morgan fingerprint density at radius 2 is 1.75 bits per heavy atom. The van der Waals surface area contributed by atoms with Gasteiger partial charge in [-0.3, -0.25) is 0 Å². The lowest BCUT2D eigenvalue weighted by Crippen LogP contribution is -2.15. The Morgan fingerprint density at radius 3 is 2.50 bits per heavy atom. The molecular formula is C19H18N2O3. The van der Waals surface area contributed by atoms with Crippen LogP contribution in [0.4, 0.5) is 0 Å². The fraction of sp³-hybridized carbons (Fsp3) is 0.211. The molecule has 0 spiro atoms. The molecule has 122 valence electrons. The molecular weight excluding hydrogens is 304 g/mol. The van der Waals surface area contributed by atoms with Crippen molar-refractivity contribution in [3.63, 3.8) is 0 Å². The molecule has 0 N–H and O–H groups in total. The van der Waals surface area contributed by atoms with E-state index in [1.807, 2.05) is 19.1 Å². The van der Waals surface area contributed by atoms with Gasteiger partial charge in [0.2, 0.25) is 5.76 Å². The van der Waals surface area contributed by atoms with Gasteiger partial charge in [0, 0.05) is 33.6 Å². The number of carbonyl (C=O) groups is 1. The fourth-order valence-corrected chi connectivity index (χ4v) is 3.17. The summed E-state index contributed by atoms with van der Waals surface area (Å²) >= 11 is 0. The van der Waals surface area contributed by atoms with Gasteiger partial charge in [-0.05, 0) is 43.7 Å². The van der Waals surface area contributed by atoms with Crippen molar-refractivity contribution in [1.82, 2.24) is 9.79 Å².